The summed E-state index contributed by atoms with van der Waals surface area (Å²) in [6.45, 7) is 12.8. The minimum Gasteiger partial charge on any atom is -0.473 e. The molecule has 2 amide bonds. The van der Waals surface area contributed by atoms with E-state index in [1.807, 2.05) is 48.7 Å². The minimum atomic E-state index is -1.23. The molecule has 4 rings (SSSR count). The fraction of sp³-hybridized carbons (Fsp3) is 0.548. The third kappa shape index (κ3) is 9.25. The summed E-state index contributed by atoms with van der Waals surface area (Å²) in [5.41, 5.74) is 2.34. The number of ether oxygens (including phenoxy) is 4. The van der Waals surface area contributed by atoms with Crippen molar-refractivity contribution in [3.05, 3.63) is 53.9 Å². The Labute approximate surface area is 254 Å². The number of carbonyl (C=O) groups is 2. The number of amides is 2. The predicted octanol–water partition coefficient (Wildman–Crippen LogP) is 5.08. The standard InChI is InChI=1S/C31H45N5O6Si/c1-22(19-39-3)33-30(37)26-18-35(21-40-14-15-43(4,5)6)29-28(26)34-27(17-32-29)42-25-12-13-36(23(2)16-25)31(38)41-20-24-10-8-7-9-11-24/h7-11,17-18,22-23,25H,12-16,19-21H2,1-6H3,(H,33,37)/t22?,23-,25+/m0/s1. The van der Waals surface area contributed by atoms with Crippen LogP contribution in [0, 0.1) is 0 Å². The maximum Gasteiger partial charge on any atom is 0.410 e. The van der Waals surface area contributed by atoms with Crippen LogP contribution in [0.3, 0.4) is 0 Å². The van der Waals surface area contributed by atoms with E-state index in [0.717, 1.165) is 11.6 Å². The molecule has 0 saturated carbocycles. The number of carbonyl (C=O) groups excluding carboxylic acids is 2. The molecule has 43 heavy (non-hydrogen) atoms. The van der Waals surface area contributed by atoms with Crippen LogP contribution < -0.4 is 10.1 Å². The number of fused-ring (bicyclic) bond motifs is 1. The number of nitrogens with one attached hydrogen (secondary N) is 1. The second kappa shape index (κ2) is 14.8. The Morgan fingerprint density at radius 1 is 1.19 bits per heavy atom. The average Bonchev–Trinajstić information content (AvgIpc) is 3.32. The molecule has 3 atom stereocenters. The third-order valence-corrected chi connectivity index (χ3v) is 9.07. The molecule has 1 aliphatic heterocycles. The number of hydrogen-bond donors (Lipinski definition) is 1. The molecule has 11 nitrogen and oxygen atoms in total. The normalized spacial score (nSPS) is 18.0. The number of nitrogens with zero attached hydrogens (tertiary/aromatic N) is 4. The summed E-state index contributed by atoms with van der Waals surface area (Å²) < 4.78 is 24.7. The molecule has 3 aromatic rings. The van der Waals surface area contributed by atoms with Crippen molar-refractivity contribution >= 4 is 31.2 Å². The zero-order valence-corrected chi connectivity index (χ0v) is 27.2. The van der Waals surface area contributed by atoms with Crippen molar-refractivity contribution in [3.8, 4) is 5.88 Å². The first-order chi connectivity index (χ1) is 20.5. The van der Waals surface area contributed by atoms with Gasteiger partial charge in [-0.25, -0.2) is 14.8 Å². The number of piperidine rings is 1. The van der Waals surface area contributed by atoms with Gasteiger partial charge >= 0.3 is 6.09 Å². The van der Waals surface area contributed by atoms with Gasteiger partial charge in [0.1, 0.15) is 25.0 Å². The second-order valence-electron chi connectivity index (χ2n) is 12.4. The zero-order chi connectivity index (χ0) is 31.0. The highest BCUT2D eigenvalue weighted by atomic mass is 28.3. The van der Waals surface area contributed by atoms with Gasteiger partial charge in [-0.2, -0.15) is 0 Å². The van der Waals surface area contributed by atoms with Crippen LogP contribution in [-0.4, -0.2) is 84.6 Å². The van der Waals surface area contributed by atoms with E-state index in [1.54, 1.807) is 24.4 Å². The topological polar surface area (TPSA) is 117 Å². The van der Waals surface area contributed by atoms with Crippen molar-refractivity contribution in [1.29, 1.82) is 0 Å². The molecule has 0 aliphatic carbocycles. The highest BCUT2D eigenvalue weighted by Crippen LogP contribution is 2.26. The fourth-order valence-corrected chi connectivity index (χ4v) is 5.73. The molecule has 1 saturated heterocycles. The maximum atomic E-state index is 13.2. The van der Waals surface area contributed by atoms with Crippen LogP contribution in [-0.2, 0) is 27.5 Å². The molecule has 3 heterocycles. The number of aromatic nitrogens is 3. The number of methoxy groups -OCH3 is 1. The number of benzene rings is 1. The van der Waals surface area contributed by atoms with E-state index in [-0.39, 0.29) is 43.5 Å². The first-order valence-corrected chi connectivity index (χ1v) is 18.6. The van der Waals surface area contributed by atoms with Gasteiger partial charge in [0.15, 0.2) is 5.65 Å². The molecule has 12 heteroatoms. The van der Waals surface area contributed by atoms with Gasteiger partial charge in [-0.1, -0.05) is 50.0 Å². The molecule has 0 spiro atoms. The summed E-state index contributed by atoms with van der Waals surface area (Å²) in [4.78, 5) is 37.1. The van der Waals surface area contributed by atoms with Gasteiger partial charge in [0.25, 0.3) is 5.91 Å². The molecule has 1 N–H and O–H groups in total. The van der Waals surface area contributed by atoms with E-state index in [0.29, 0.717) is 55.2 Å². The van der Waals surface area contributed by atoms with Crippen LogP contribution in [0.2, 0.25) is 25.7 Å². The summed E-state index contributed by atoms with van der Waals surface area (Å²) in [5.74, 6) is 0.0685. The van der Waals surface area contributed by atoms with Crippen LogP contribution in [0.5, 0.6) is 5.88 Å². The smallest absolute Gasteiger partial charge is 0.410 e. The lowest BCUT2D eigenvalue weighted by Crippen LogP contribution is -2.47. The summed E-state index contributed by atoms with van der Waals surface area (Å²) in [6.07, 6.45) is 4.07. The van der Waals surface area contributed by atoms with Gasteiger partial charge in [-0.15, -0.1) is 0 Å². The van der Waals surface area contributed by atoms with Crippen molar-refractivity contribution in [1.82, 2.24) is 24.8 Å². The Morgan fingerprint density at radius 3 is 2.65 bits per heavy atom. The molecule has 1 fully saturated rings. The minimum absolute atomic E-state index is 0.0725. The lowest BCUT2D eigenvalue weighted by Gasteiger charge is -2.36. The first kappa shape index (κ1) is 32.4. The molecule has 2 aromatic heterocycles. The summed E-state index contributed by atoms with van der Waals surface area (Å²) >= 11 is 0. The van der Waals surface area contributed by atoms with Crippen LogP contribution in [0.4, 0.5) is 4.79 Å². The molecule has 0 radical (unpaired) electrons. The van der Waals surface area contributed by atoms with Crippen molar-refractivity contribution in [2.45, 2.75) is 83.9 Å². The highest BCUT2D eigenvalue weighted by molar-refractivity contribution is 6.76. The van der Waals surface area contributed by atoms with E-state index in [2.05, 4.69) is 29.9 Å². The second-order valence-corrected chi connectivity index (χ2v) is 18.0. The van der Waals surface area contributed by atoms with Gasteiger partial charge in [0.05, 0.1) is 18.4 Å². The SMILES string of the molecule is COCC(C)NC(=O)c1cn(COCC[Si](C)(C)C)c2ncc(O[C@@H]3CCN(C(=O)OCc4ccccc4)[C@@H](C)C3)nc12. The summed E-state index contributed by atoms with van der Waals surface area (Å²) in [7, 11) is 0.363. The van der Waals surface area contributed by atoms with Crippen LogP contribution in [0.25, 0.3) is 11.2 Å². The lowest BCUT2D eigenvalue weighted by molar-refractivity contribution is 0.0386. The fourth-order valence-electron chi connectivity index (χ4n) is 4.97. The molecule has 0 bridgehead atoms. The van der Waals surface area contributed by atoms with E-state index in [9.17, 15) is 9.59 Å². The van der Waals surface area contributed by atoms with Crippen LogP contribution in [0.1, 0.15) is 42.6 Å². The number of hydrogen-bond acceptors (Lipinski definition) is 8. The van der Waals surface area contributed by atoms with Gasteiger partial charge in [0, 0.05) is 59.5 Å². The summed E-state index contributed by atoms with van der Waals surface area (Å²) in [5, 5.41) is 2.96. The quantitative estimate of drug-likeness (QED) is 0.210. The Morgan fingerprint density at radius 2 is 1.95 bits per heavy atom. The largest absolute Gasteiger partial charge is 0.473 e. The Balaban J connectivity index is 1.43. The molecule has 1 aliphatic rings. The maximum absolute atomic E-state index is 13.2. The first-order valence-electron chi connectivity index (χ1n) is 14.9. The molecule has 234 valence electrons. The zero-order valence-electron chi connectivity index (χ0n) is 26.2. The third-order valence-electron chi connectivity index (χ3n) is 7.36. The van der Waals surface area contributed by atoms with Gasteiger partial charge in [0.2, 0.25) is 5.88 Å². The van der Waals surface area contributed by atoms with Gasteiger partial charge in [-0.05, 0) is 25.5 Å². The van der Waals surface area contributed by atoms with Crippen LogP contribution >= 0.6 is 0 Å². The lowest BCUT2D eigenvalue weighted by atomic mass is 10.0. The predicted molar refractivity (Wildman–Crippen MR) is 167 cm³/mol. The summed E-state index contributed by atoms with van der Waals surface area (Å²) in [6, 6.07) is 10.4. The van der Waals surface area contributed by atoms with Crippen molar-refractivity contribution in [3.63, 3.8) is 0 Å². The Bertz CT molecular complexity index is 1360. The van der Waals surface area contributed by atoms with Crippen LogP contribution in [0.15, 0.2) is 42.7 Å². The van der Waals surface area contributed by atoms with Crippen molar-refractivity contribution in [2.24, 2.45) is 0 Å². The number of rotatable bonds is 13. The molecular formula is C31H45N5O6Si. The van der Waals surface area contributed by atoms with E-state index >= 15 is 0 Å². The highest BCUT2D eigenvalue weighted by Gasteiger charge is 2.31. The molecule has 1 aromatic carbocycles. The molecule has 1 unspecified atom stereocenters. The molecular weight excluding hydrogens is 566 g/mol. The van der Waals surface area contributed by atoms with E-state index in [4.69, 9.17) is 23.9 Å². The Hall–Kier alpha value is -3.48. The average molecular weight is 612 g/mol. The van der Waals surface area contributed by atoms with Crippen molar-refractivity contribution in [2.75, 3.05) is 26.9 Å². The monoisotopic (exact) mass is 611 g/mol. The van der Waals surface area contributed by atoms with Gasteiger partial charge in [-0.3, -0.25) is 4.79 Å². The number of likely N-dealkylation sites (tertiary alicyclic amines) is 1. The van der Waals surface area contributed by atoms with E-state index < -0.39 is 8.07 Å². The van der Waals surface area contributed by atoms with E-state index in [1.165, 1.54) is 0 Å². The van der Waals surface area contributed by atoms with Crippen molar-refractivity contribution < 1.29 is 28.5 Å². The van der Waals surface area contributed by atoms with Gasteiger partial charge < -0.3 is 33.7 Å². The Kier molecular flexibility index (Phi) is 11.2.